The van der Waals surface area contributed by atoms with Gasteiger partial charge in [0.1, 0.15) is 11.9 Å². The largest absolute Gasteiger partial charge is 0.378 e. The van der Waals surface area contributed by atoms with Crippen LogP contribution >= 0.6 is 11.6 Å². The molecule has 1 aliphatic rings. The second kappa shape index (κ2) is 6.67. The van der Waals surface area contributed by atoms with Gasteiger partial charge in [0.2, 0.25) is 11.8 Å². The molecule has 1 fully saturated rings. The minimum atomic E-state index is -0.717. The highest BCUT2D eigenvalue weighted by Crippen LogP contribution is 1.99. The zero-order valence-electron chi connectivity index (χ0n) is 8.95. The van der Waals surface area contributed by atoms with Gasteiger partial charge < -0.3 is 20.7 Å². The highest BCUT2D eigenvalue weighted by atomic mass is 35.5. The Balaban J connectivity index is 2.31. The van der Waals surface area contributed by atoms with Gasteiger partial charge in [0.25, 0.3) is 0 Å². The fourth-order valence-electron chi connectivity index (χ4n) is 1.38. The fourth-order valence-corrected chi connectivity index (χ4v) is 1.47. The van der Waals surface area contributed by atoms with E-state index in [-0.39, 0.29) is 24.2 Å². The third kappa shape index (κ3) is 3.96. The van der Waals surface area contributed by atoms with Crippen LogP contribution in [0, 0.1) is 0 Å². The maximum atomic E-state index is 11.8. The molecule has 1 rings (SSSR count). The Labute approximate surface area is 99.0 Å². The zero-order valence-corrected chi connectivity index (χ0v) is 9.70. The van der Waals surface area contributed by atoms with Gasteiger partial charge in [0.05, 0.1) is 13.2 Å². The quantitative estimate of drug-likeness (QED) is 0.596. The van der Waals surface area contributed by atoms with Gasteiger partial charge in [-0.1, -0.05) is 0 Å². The van der Waals surface area contributed by atoms with Gasteiger partial charge in [-0.3, -0.25) is 9.59 Å². The number of morpholine rings is 1. The van der Waals surface area contributed by atoms with Crippen LogP contribution in [0.15, 0.2) is 0 Å². The first-order valence-electron chi connectivity index (χ1n) is 5.10. The molecule has 1 saturated heterocycles. The van der Waals surface area contributed by atoms with E-state index in [0.29, 0.717) is 26.3 Å². The van der Waals surface area contributed by atoms with Crippen LogP contribution < -0.4 is 11.1 Å². The van der Waals surface area contributed by atoms with Gasteiger partial charge in [0, 0.05) is 19.6 Å². The molecule has 6 nitrogen and oxygen atoms in total. The van der Waals surface area contributed by atoms with E-state index in [1.807, 2.05) is 0 Å². The normalized spacial score (nSPS) is 18.0. The summed E-state index contributed by atoms with van der Waals surface area (Å²) in [5.74, 6) is -0.622. The van der Waals surface area contributed by atoms with E-state index in [0.717, 1.165) is 0 Å². The van der Waals surface area contributed by atoms with E-state index in [2.05, 4.69) is 5.32 Å². The molecular formula is C9H16ClN3O3. The zero-order chi connectivity index (χ0) is 12.0. The SMILES string of the molecule is N[C@@H](CNC(=O)CCl)C(=O)N1CCOCC1. The van der Waals surface area contributed by atoms with Gasteiger partial charge in [0.15, 0.2) is 0 Å². The molecule has 0 aromatic carbocycles. The van der Waals surface area contributed by atoms with Crippen LogP contribution in [-0.4, -0.2) is 61.5 Å². The van der Waals surface area contributed by atoms with Crippen molar-refractivity contribution < 1.29 is 14.3 Å². The summed E-state index contributed by atoms with van der Waals surface area (Å²) in [6, 6.07) is -0.717. The topological polar surface area (TPSA) is 84.7 Å². The summed E-state index contributed by atoms with van der Waals surface area (Å²) < 4.78 is 5.12. The monoisotopic (exact) mass is 249 g/mol. The molecule has 92 valence electrons. The number of carbonyl (C=O) groups excluding carboxylic acids is 2. The molecule has 0 saturated carbocycles. The smallest absolute Gasteiger partial charge is 0.241 e. The van der Waals surface area contributed by atoms with E-state index in [4.69, 9.17) is 22.1 Å². The van der Waals surface area contributed by atoms with Crippen molar-refractivity contribution in [2.75, 3.05) is 38.7 Å². The molecule has 0 spiro atoms. The number of halogens is 1. The molecule has 0 aliphatic carbocycles. The number of nitrogens with one attached hydrogen (secondary N) is 1. The Bertz CT molecular complexity index is 256. The molecule has 0 aromatic rings. The molecule has 1 aliphatic heterocycles. The summed E-state index contributed by atoms with van der Waals surface area (Å²) in [6.07, 6.45) is 0. The fraction of sp³-hybridized carbons (Fsp3) is 0.778. The molecule has 16 heavy (non-hydrogen) atoms. The number of carbonyl (C=O) groups is 2. The van der Waals surface area contributed by atoms with Crippen molar-refractivity contribution in [3.05, 3.63) is 0 Å². The molecule has 1 atom stereocenters. The molecule has 2 amide bonds. The second-order valence-corrected chi connectivity index (χ2v) is 3.75. The lowest BCUT2D eigenvalue weighted by atomic mass is 10.2. The molecule has 0 aromatic heterocycles. The van der Waals surface area contributed by atoms with Crippen molar-refractivity contribution in [1.29, 1.82) is 0 Å². The van der Waals surface area contributed by atoms with Crippen molar-refractivity contribution in [1.82, 2.24) is 10.2 Å². The van der Waals surface area contributed by atoms with Crippen LogP contribution in [0.1, 0.15) is 0 Å². The Kier molecular flexibility index (Phi) is 5.51. The Hall–Kier alpha value is -0.850. The molecule has 0 unspecified atom stereocenters. The van der Waals surface area contributed by atoms with Crippen LogP contribution in [0.3, 0.4) is 0 Å². The average molecular weight is 250 g/mol. The lowest BCUT2D eigenvalue weighted by Gasteiger charge is -2.29. The van der Waals surface area contributed by atoms with Crippen LogP contribution in [0.2, 0.25) is 0 Å². The molecule has 1 heterocycles. The number of hydrogen-bond donors (Lipinski definition) is 2. The van der Waals surface area contributed by atoms with E-state index in [9.17, 15) is 9.59 Å². The number of hydrogen-bond acceptors (Lipinski definition) is 4. The Morgan fingerprint density at radius 3 is 2.62 bits per heavy atom. The molecular weight excluding hydrogens is 234 g/mol. The third-order valence-electron chi connectivity index (χ3n) is 2.28. The van der Waals surface area contributed by atoms with Crippen LogP contribution in [0.25, 0.3) is 0 Å². The Morgan fingerprint density at radius 2 is 2.06 bits per heavy atom. The first-order chi connectivity index (χ1) is 7.65. The maximum Gasteiger partial charge on any atom is 0.241 e. The van der Waals surface area contributed by atoms with Gasteiger partial charge in [-0.25, -0.2) is 0 Å². The summed E-state index contributed by atoms with van der Waals surface area (Å²) in [5.41, 5.74) is 5.66. The number of ether oxygens (including phenoxy) is 1. The number of rotatable bonds is 4. The second-order valence-electron chi connectivity index (χ2n) is 3.48. The van der Waals surface area contributed by atoms with Crippen molar-refractivity contribution >= 4 is 23.4 Å². The predicted octanol–water partition coefficient (Wildman–Crippen LogP) is -1.47. The third-order valence-corrected chi connectivity index (χ3v) is 2.52. The van der Waals surface area contributed by atoms with Gasteiger partial charge in [-0.2, -0.15) is 0 Å². The molecule has 7 heteroatoms. The van der Waals surface area contributed by atoms with Crippen molar-refractivity contribution in [3.8, 4) is 0 Å². The molecule has 3 N–H and O–H groups in total. The van der Waals surface area contributed by atoms with E-state index < -0.39 is 6.04 Å². The highest BCUT2D eigenvalue weighted by molar-refractivity contribution is 6.27. The van der Waals surface area contributed by atoms with Crippen LogP contribution in [-0.2, 0) is 14.3 Å². The average Bonchev–Trinajstić information content (AvgIpc) is 2.35. The van der Waals surface area contributed by atoms with Gasteiger partial charge in [-0.05, 0) is 0 Å². The summed E-state index contributed by atoms with van der Waals surface area (Å²) in [5, 5.41) is 2.48. The van der Waals surface area contributed by atoms with E-state index in [1.165, 1.54) is 0 Å². The summed E-state index contributed by atoms with van der Waals surface area (Å²) >= 11 is 5.30. The highest BCUT2D eigenvalue weighted by Gasteiger charge is 2.22. The summed E-state index contributed by atoms with van der Waals surface area (Å²) in [4.78, 5) is 24.3. The minimum Gasteiger partial charge on any atom is -0.378 e. The van der Waals surface area contributed by atoms with E-state index >= 15 is 0 Å². The van der Waals surface area contributed by atoms with Crippen molar-refractivity contribution in [2.24, 2.45) is 5.73 Å². The number of amides is 2. The number of nitrogens with two attached hydrogens (primary N) is 1. The lowest BCUT2D eigenvalue weighted by Crippen LogP contribution is -2.52. The van der Waals surface area contributed by atoms with Crippen LogP contribution in [0.4, 0.5) is 0 Å². The van der Waals surface area contributed by atoms with Gasteiger partial charge >= 0.3 is 0 Å². The first kappa shape index (κ1) is 13.2. The number of nitrogens with zero attached hydrogens (tertiary/aromatic N) is 1. The van der Waals surface area contributed by atoms with Crippen LogP contribution in [0.5, 0.6) is 0 Å². The minimum absolute atomic E-state index is 0.113. The lowest BCUT2D eigenvalue weighted by molar-refractivity contribution is -0.136. The van der Waals surface area contributed by atoms with E-state index in [1.54, 1.807) is 4.90 Å². The maximum absolute atomic E-state index is 11.8. The van der Waals surface area contributed by atoms with Crippen molar-refractivity contribution in [3.63, 3.8) is 0 Å². The summed E-state index contributed by atoms with van der Waals surface area (Å²) in [7, 11) is 0. The number of alkyl halides is 1. The van der Waals surface area contributed by atoms with Crippen molar-refractivity contribution in [2.45, 2.75) is 6.04 Å². The standard InChI is InChI=1S/C9H16ClN3O3/c10-5-8(14)12-6-7(11)9(15)13-1-3-16-4-2-13/h7H,1-6,11H2,(H,12,14)/t7-/m0/s1. The molecule has 0 bridgehead atoms. The predicted molar refractivity (Wildman–Crippen MR) is 59.1 cm³/mol. The van der Waals surface area contributed by atoms with Gasteiger partial charge in [-0.15, -0.1) is 11.6 Å². The Morgan fingerprint density at radius 1 is 1.44 bits per heavy atom. The molecule has 0 radical (unpaired) electrons. The summed E-state index contributed by atoms with van der Waals surface area (Å²) in [6.45, 7) is 2.28. The first-order valence-corrected chi connectivity index (χ1v) is 5.63.